The minimum atomic E-state index is -3.10. The monoisotopic (exact) mass is 179 g/mol. The number of hydrogen-bond donors (Lipinski definition) is 2. The first kappa shape index (κ1) is 8.96. The number of nitrogens with two attached hydrogens (primary N) is 1. The molecule has 1 saturated carbocycles. The number of aliphatic hydroxyl groups is 1. The molecule has 0 heterocycles. The van der Waals surface area contributed by atoms with Gasteiger partial charge in [-0.3, -0.25) is 0 Å². The van der Waals surface area contributed by atoms with Crippen LogP contribution in [-0.2, 0) is 9.84 Å². The van der Waals surface area contributed by atoms with Gasteiger partial charge >= 0.3 is 0 Å². The van der Waals surface area contributed by atoms with Gasteiger partial charge in [-0.1, -0.05) is 0 Å². The fourth-order valence-electron chi connectivity index (χ4n) is 1.42. The Morgan fingerprint density at radius 1 is 1.64 bits per heavy atom. The van der Waals surface area contributed by atoms with Crippen LogP contribution in [0.25, 0.3) is 0 Å². The van der Waals surface area contributed by atoms with Crippen molar-refractivity contribution in [2.45, 2.75) is 23.7 Å². The number of aliphatic hydroxyl groups excluding tert-OH is 1. The molecular formula is C6H13NO3S. The fraction of sp³-hybridized carbons (Fsp3) is 1.00. The molecule has 0 aromatic rings. The Morgan fingerprint density at radius 3 is 2.18 bits per heavy atom. The van der Waals surface area contributed by atoms with Crippen molar-refractivity contribution in [2.75, 3.05) is 12.8 Å². The topological polar surface area (TPSA) is 80.4 Å². The maximum Gasteiger partial charge on any atom is 0.154 e. The molecule has 1 rings (SSSR count). The summed E-state index contributed by atoms with van der Waals surface area (Å²) in [7, 11) is -3.10. The molecule has 0 radical (unpaired) electrons. The van der Waals surface area contributed by atoms with Crippen LogP contribution in [0.2, 0.25) is 0 Å². The van der Waals surface area contributed by atoms with Gasteiger partial charge in [0.15, 0.2) is 9.84 Å². The maximum atomic E-state index is 11.1. The molecule has 3 N–H and O–H groups in total. The molecule has 66 valence electrons. The third-order valence-corrected chi connectivity index (χ3v) is 4.45. The van der Waals surface area contributed by atoms with Crippen LogP contribution in [0.5, 0.6) is 0 Å². The van der Waals surface area contributed by atoms with Crippen LogP contribution < -0.4 is 5.73 Å². The van der Waals surface area contributed by atoms with Crippen molar-refractivity contribution in [3.05, 3.63) is 0 Å². The lowest BCUT2D eigenvalue weighted by atomic mass is 9.81. The first-order valence-corrected chi connectivity index (χ1v) is 5.38. The summed E-state index contributed by atoms with van der Waals surface area (Å²) in [6.45, 7) is 0.114. The number of hydrogen-bond acceptors (Lipinski definition) is 4. The Labute approximate surface area is 66.3 Å². The third-order valence-electron chi connectivity index (χ3n) is 2.37. The smallest absolute Gasteiger partial charge is 0.154 e. The lowest BCUT2D eigenvalue weighted by Crippen LogP contribution is -2.57. The van der Waals surface area contributed by atoms with Crippen LogP contribution >= 0.6 is 0 Å². The lowest BCUT2D eigenvalue weighted by molar-refractivity contribution is 0.0602. The third kappa shape index (κ3) is 1.28. The lowest BCUT2D eigenvalue weighted by Gasteiger charge is -2.42. The molecule has 11 heavy (non-hydrogen) atoms. The van der Waals surface area contributed by atoms with E-state index in [0.717, 1.165) is 0 Å². The Morgan fingerprint density at radius 2 is 2.09 bits per heavy atom. The van der Waals surface area contributed by atoms with Crippen LogP contribution in [-0.4, -0.2) is 37.2 Å². The van der Waals surface area contributed by atoms with Gasteiger partial charge in [-0.15, -0.1) is 0 Å². The fourth-order valence-corrected chi connectivity index (χ4v) is 2.71. The van der Waals surface area contributed by atoms with E-state index in [-0.39, 0.29) is 6.54 Å². The molecule has 0 spiro atoms. The van der Waals surface area contributed by atoms with Gasteiger partial charge in [0.25, 0.3) is 0 Å². The van der Waals surface area contributed by atoms with Crippen molar-refractivity contribution in [1.29, 1.82) is 0 Å². The van der Waals surface area contributed by atoms with Crippen molar-refractivity contribution < 1.29 is 13.5 Å². The summed E-state index contributed by atoms with van der Waals surface area (Å²) in [6.07, 6.45) is 1.28. The summed E-state index contributed by atoms with van der Waals surface area (Å²) in [5.41, 5.74) is 5.33. The minimum Gasteiger partial charge on any atom is -0.393 e. The minimum absolute atomic E-state index is 0.114. The van der Waals surface area contributed by atoms with E-state index in [2.05, 4.69) is 0 Å². The van der Waals surface area contributed by atoms with Gasteiger partial charge in [-0.05, 0) is 12.8 Å². The van der Waals surface area contributed by atoms with Crippen molar-refractivity contribution in [2.24, 2.45) is 5.73 Å². The van der Waals surface area contributed by atoms with E-state index in [1.165, 1.54) is 6.26 Å². The summed E-state index contributed by atoms with van der Waals surface area (Å²) in [6, 6.07) is 0. The zero-order valence-corrected chi connectivity index (χ0v) is 7.26. The SMILES string of the molecule is CS(=O)(=O)C1(CN)CC(O)C1. The molecule has 0 aliphatic heterocycles. The second-order valence-corrected chi connectivity index (χ2v) is 5.63. The van der Waals surface area contributed by atoms with Crippen LogP contribution in [0.4, 0.5) is 0 Å². The second-order valence-electron chi connectivity index (χ2n) is 3.22. The first-order valence-electron chi connectivity index (χ1n) is 3.49. The van der Waals surface area contributed by atoms with E-state index < -0.39 is 20.7 Å². The van der Waals surface area contributed by atoms with E-state index in [0.29, 0.717) is 12.8 Å². The summed E-state index contributed by atoms with van der Waals surface area (Å²) in [4.78, 5) is 0. The number of rotatable bonds is 2. The van der Waals surface area contributed by atoms with Gasteiger partial charge < -0.3 is 10.8 Å². The van der Waals surface area contributed by atoms with Crippen LogP contribution in [0, 0.1) is 0 Å². The zero-order valence-electron chi connectivity index (χ0n) is 6.45. The summed E-state index contributed by atoms with van der Waals surface area (Å²) in [5, 5.41) is 8.96. The second kappa shape index (κ2) is 2.43. The average molecular weight is 179 g/mol. The Hall–Kier alpha value is -0.130. The summed E-state index contributed by atoms with van der Waals surface area (Å²) >= 11 is 0. The normalized spacial score (nSPS) is 38.3. The predicted octanol–water partition coefficient (Wildman–Crippen LogP) is -1.12. The number of sulfone groups is 1. The summed E-state index contributed by atoms with van der Waals surface area (Å²) < 4.78 is 21.4. The molecule has 1 aliphatic carbocycles. The van der Waals surface area contributed by atoms with Gasteiger partial charge in [-0.25, -0.2) is 8.42 Å². The molecule has 0 saturated heterocycles. The molecule has 0 aromatic heterocycles. The molecule has 0 aromatic carbocycles. The highest BCUT2D eigenvalue weighted by molar-refractivity contribution is 7.92. The first-order chi connectivity index (χ1) is 4.91. The van der Waals surface area contributed by atoms with E-state index >= 15 is 0 Å². The molecule has 0 unspecified atom stereocenters. The Kier molecular flexibility index (Phi) is 1.98. The molecule has 4 nitrogen and oxygen atoms in total. The quantitative estimate of drug-likeness (QED) is 0.563. The van der Waals surface area contributed by atoms with Crippen molar-refractivity contribution in [1.82, 2.24) is 0 Å². The van der Waals surface area contributed by atoms with Crippen LogP contribution in [0.3, 0.4) is 0 Å². The Balaban J connectivity index is 2.82. The highest BCUT2D eigenvalue weighted by atomic mass is 32.2. The summed E-state index contributed by atoms with van der Waals surface area (Å²) in [5.74, 6) is 0. The van der Waals surface area contributed by atoms with Crippen molar-refractivity contribution >= 4 is 9.84 Å². The van der Waals surface area contributed by atoms with Gasteiger partial charge in [0.2, 0.25) is 0 Å². The molecule has 5 heteroatoms. The van der Waals surface area contributed by atoms with Gasteiger partial charge in [0.1, 0.15) is 0 Å². The Bertz CT molecular complexity index is 241. The predicted molar refractivity (Wildman–Crippen MR) is 41.9 cm³/mol. The van der Waals surface area contributed by atoms with E-state index in [9.17, 15) is 8.42 Å². The van der Waals surface area contributed by atoms with E-state index in [4.69, 9.17) is 10.8 Å². The standard InChI is InChI=1S/C6H13NO3S/c1-11(9,10)6(4-7)2-5(8)3-6/h5,8H,2-4,7H2,1H3. The maximum absolute atomic E-state index is 11.1. The highest BCUT2D eigenvalue weighted by Crippen LogP contribution is 2.38. The molecule has 0 amide bonds. The van der Waals surface area contributed by atoms with Crippen molar-refractivity contribution in [3.8, 4) is 0 Å². The van der Waals surface area contributed by atoms with E-state index in [1.807, 2.05) is 0 Å². The van der Waals surface area contributed by atoms with Crippen molar-refractivity contribution in [3.63, 3.8) is 0 Å². The molecule has 0 bridgehead atoms. The van der Waals surface area contributed by atoms with Crippen LogP contribution in [0.15, 0.2) is 0 Å². The average Bonchev–Trinajstić information content (AvgIpc) is 1.77. The van der Waals surface area contributed by atoms with Crippen LogP contribution in [0.1, 0.15) is 12.8 Å². The molecule has 1 aliphatic rings. The van der Waals surface area contributed by atoms with Gasteiger partial charge in [-0.2, -0.15) is 0 Å². The van der Waals surface area contributed by atoms with Gasteiger partial charge in [0.05, 0.1) is 10.9 Å². The molecule has 1 fully saturated rings. The highest BCUT2D eigenvalue weighted by Gasteiger charge is 2.50. The van der Waals surface area contributed by atoms with E-state index in [1.54, 1.807) is 0 Å². The zero-order chi connectivity index (χ0) is 8.70. The molecule has 0 atom stereocenters. The van der Waals surface area contributed by atoms with Gasteiger partial charge in [0, 0.05) is 12.8 Å². The largest absolute Gasteiger partial charge is 0.393 e. The molecular weight excluding hydrogens is 166 g/mol.